The van der Waals surface area contributed by atoms with Gasteiger partial charge in [0.2, 0.25) is 5.91 Å². The van der Waals surface area contributed by atoms with Crippen LogP contribution >= 0.6 is 0 Å². The zero-order chi connectivity index (χ0) is 13.8. The van der Waals surface area contributed by atoms with Gasteiger partial charge in [0.25, 0.3) is 0 Å². The number of aryl methyl sites for hydroxylation is 1. The lowest BCUT2D eigenvalue weighted by Gasteiger charge is -2.27. The van der Waals surface area contributed by atoms with E-state index in [4.69, 9.17) is 5.73 Å². The average Bonchev–Trinajstić information content (AvgIpc) is 2.39. The summed E-state index contributed by atoms with van der Waals surface area (Å²) in [6, 6.07) is 6.34. The molecule has 1 aromatic carbocycles. The van der Waals surface area contributed by atoms with E-state index in [1.807, 2.05) is 25.1 Å². The van der Waals surface area contributed by atoms with Gasteiger partial charge in [-0.1, -0.05) is 13.0 Å². The molecule has 1 aliphatic rings. The highest BCUT2D eigenvalue weighted by atomic mass is 16.1. The minimum atomic E-state index is -0.358. The molecule has 3 N–H and O–H groups in total. The topological polar surface area (TPSA) is 55.1 Å². The van der Waals surface area contributed by atoms with Crippen LogP contribution in [0, 0.1) is 12.8 Å². The summed E-state index contributed by atoms with van der Waals surface area (Å²) in [6.45, 7) is 5.25. The van der Waals surface area contributed by atoms with Crippen molar-refractivity contribution in [1.29, 1.82) is 0 Å². The largest absolute Gasteiger partial charge is 0.366 e. The molecule has 0 atom stereocenters. The summed E-state index contributed by atoms with van der Waals surface area (Å²) < 4.78 is 0. The van der Waals surface area contributed by atoms with E-state index in [1.54, 1.807) is 0 Å². The van der Waals surface area contributed by atoms with Crippen LogP contribution in [0.1, 0.15) is 54.1 Å². The van der Waals surface area contributed by atoms with Crippen LogP contribution in [-0.4, -0.2) is 11.9 Å². The fraction of sp³-hybridized carbons (Fsp3) is 0.562. The van der Waals surface area contributed by atoms with Gasteiger partial charge in [0, 0.05) is 18.2 Å². The highest BCUT2D eigenvalue weighted by molar-refractivity contribution is 5.93. The van der Waals surface area contributed by atoms with E-state index < -0.39 is 0 Å². The number of rotatable bonds is 4. The summed E-state index contributed by atoms with van der Waals surface area (Å²) in [6.07, 6.45) is 5.22. The van der Waals surface area contributed by atoms with E-state index in [-0.39, 0.29) is 5.91 Å². The molecule has 0 bridgehead atoms. The zero-order valence-electron chi connectivity index (χ0n) is 11.9. The molecular formula is C16H24N2O. The normalized spacial score (nSPS) is 23.3. The Balaban J connectivity index is 1.91. The highest BCUT2D eigenvalue weighted by Crippen LogP contribution is 2.23. The van der Waals surface area contributed by atoms with Crippen LogP contribution in [-0.2, 0) is 6.54 Å². The molecule has 0 spiro atoms. The number of nitrogens with two attached hydrogens (primary N) is 1. The second-order valence-electron chi connectivity index (χ2n) is 5.84. The summed E-state index contributed by atoms with van der Waals surface area (Å²) in [4.78, 5) is 11.1. The van der Waals surface area contributed by atoms with Crippen LogP contribution < -0.4 is 11.1 Å². The Labute approximate surface area is 115 Å². The lowest BCUT2D eigenvalue weighted by atomic mass is 9.87. The predicted octanol–water partition coefficient (Wildman–Crippen LogP) is 2.76. The molecule has 0 heterocycles. The molecule has 2 rings (SSSR count). The maximum atomic E-state index is 11.1. The molecule has 0 radical (unpaired) electrons. The molecular weight excluding hydrogens is 236 g/mol. The fourth-order valence-corrected chi connectivity index (χ4v) is 2.77. The van der Waals surface area contributed by atoms with Gasteiger partial charge in [-0.3, -0.25) is 4.79 Å². The van der Waals surface area contributed by atoms with Crippen molar-refractivity contribution in [3.8, 4) is 0 Å². The van der Waals surface area contributed by atoms with Crippen molar-refractivity contribution in [2.45, 2.75) is 52.1 Å². The van der Waals surface area contributed by atoms with Gasteiger partial charge in [0.05, 0.1) is 0 Å². The van der Waals surface area contributed by atoms with Crippen LogP contribution in [0.25, 0.3) is 0 Å². The summed E-state index contributed by atoms with van der Waals surface area (Å²) in [5.41, 5.74) is 8.26. The van der Waals surface area contributed by atoms with Crippen LogP contribution in [0.2, 0.25) is 0 Å². The Bertz CT molecular complexity index is 448. The molecule has 3 heteroatoms. The molecule has 1 aromatic rings. The van der Waals surface area contributed by atoms with E-state index in [1.165, 1.54) is 31.2 Å². The molecule has 1 saturated carbocycles. The van der Waals surface area contributed by atoms with Gasteiger partial charge in [0.15, 0.2) is 0 Å². The number of primary amides is 1. The van der Waals surface area contributed by atoms with Crippen molar-refractivity contribution in [3.05, 3.63) is 34.9 Å². The number of hydrogen-bond acceptors (Lipinski definition) is 2. The molecule has 1 aliphatic carbocycles. The number of hydrogen-bond donors (Lipinski definition) is 2. The quantitative estimate of drug-likeness (QED) is 0.874. The Morgan fingerprint density at radius 1 is 1.32 bits per heavy atom. The molecule has 1 fully saturated rings. The van der Waals surface area contributed by atoms with Crippen LogP contribution in [0.15, 0.2) is 18.2 Å². The summed E-state index contributed by atoms with van der Waals surface area (Å²) in [7, 11) is 0. The van der Waals surface area contributed by atoms with E-state index in [2.05, 4.69) is 12.2 Å². The minimum absolute atomic E-state index is 0.358. The first kappa shape index (κ1) is 14.1. The Morgan fingerprint density at radius 3 is 2.58 bits per heavy atom. The van der Waals surface area contributed by atoms with Crippen molar-refractivity contribution in [1.82, 2.24) is 5.32 Å². The van der Waals surface area contributed by atoms with E-state index in [9.17, 15) is 4.79 Å². The van der Waals surface area contributed by atoms with E-state index in [0.29, 0.717) is 11.6 Å². The van der Waals surface area contributed by atoms with Crippen molar-refractivity contribution >= 4 is 5.91 Å². The minimum Gasteiger partial charge on any atom is -0.366 e. The second-order valence-corrected chi connectivity index (χ2v) is 5.84. The number of amides is 1. The van der Waals surface area contributed by atoms with Gasteiger partial charge >= 0.3 is 0 Å². The summed E-state index contributed by atoms with van der Waals surface area (Å²) in [5.74, 6) is 0.526. The van der Waals surface area contributed by atoms with E-state index >= 15 is 0 Å². The molecule has 0 saturated heterocycles. The Kier molecular flexibility index (Phi) is 4.59. The SMILES string of the molecule is Cc1cc(C(N)=O)ccc1CNC1CCC(C)CC1. The second kappa shape index (κ2) is 6.20. The first-order valence-electron chi connectivity index (χ1n) is 7.19. The van der Waals surface area contributed by atoms with Crippen LogP contribution in [0.4, 0.5) is 0 Å². The number of benzene rings is 1. The third-order valence-corrected chi connectivity index (χ3v) is 4.22. The third kappa shape index (κ3) is 3.80. The fourth-order valence-electron chi connectivity index (χ4n) is 2.77. The van der Waals surface area contributed by atoms with Gasteiger partial charge in [-0.15, -0.1) is 0 Å². The molecule has 104 valence electrons. The highest BCUT2D eigenvalue weighted by Gasteiger charge is 2.17. The first-order chi connectivity index (χ1) is 9.06. The Hall–Kier alpha value is -1.35. The van der Waals surface area contributed by atoms with Crippen molar-refractivity contribution in [2.24, 2.45) is 11.7 Å². The molecule has 0 aliphatic heterocycles. The van der Waals surface area contributed by atoms with Crippen molar-refractivity contribution < 1.29 is 4.79 Å². The molecule has 0 aromatic heterocycles. The molecule has 1 amide bonds. The number of carbonyl (C=O) groups excluding carboxylic acids is 1. The van der Waals surface area contributed by atoms with Gasteiger partial charge in [-0.25, -0.2) is 0 Å². The smallest absolute Gasteiger partial charge is 0.248 e. The van der Waals surface area contributed by atoms with Gasteiger partial charge in [0.1, 0.15) is 0 Å². The average molecular weight is 260 g/mol. The van der Waals surface area contributed by atoms with Crippen molar-refractivity contribution in [2.75, 3.05) is 0 Å². The van der Waals surface area contributed by atoms with E-state index in [0.717, 1.165) is 18.0 Å². The maximum absolute atomic E-state index is 11.1. The molecule has 19 heavy (non-hydrogen) atoms. The monoisotopic (exact) mass is 260 g/mol. The summed E-state index contributed by atoms with van der Waals surface area (Å²) in [5, 5.41) is 3.63. The summed E-state index contributed by atoms with van der Waals surface area (Å²) >= 11 is 0. The lowest BCUT2D eigenvalue weighted by molar-refractivity contribution is 0.1000. The maximum Gasteiger partial charge on any atom is 0.248 e. The number of carbonyl (C=O) groups is 1. The number of nitrogens with one attached hydrogen (secondary N) is 1. The van der Waals surface area contributed by atoms with Gasteiger partial charge in [-0.2, -0.15) is 0 Å². The van der Waals surface area contributed by atoms with Crippen LogP contribution in [0.5, 0.6) is 0 Å². The zero-order valence-corrected chi connectivity index (χ0v) is 11.9. The standard InChI is InChI=1S/C16H24N2O/c1-11-3-7-15(8-4-11)18-10-14-6-5-13(16(17)19)9-12(14)2/h5-6,9,11,15,18H,3-4,7-8,10H2,1-2H3,(H2,17,19). The van der Waals surface area contributed by atoms with Crippen LogP contribution in [0.3, 0.4) is 0 Å². The van der Waals surface area contributed by atoms with Crippen molar-refractivity contribution in [3.63, 3.8) is 0 Å². The lowest BCUT2D eigenvalue weighted by Crippen LogP contribution is -2.32. The predicted molar refractivity (Wildman–Crippen MR) is 78.0 cm³/mol. The third-order valence-electron chi connectivity index (χ3n) is 4.22. The molecule has 3 nitrogen and oxygen atoms in total. The Morgan fingerprint density at radius 2 is 2.00 bits per heavy atom. The first-order valence-corrected chi connectivity index (χ1v) is 7.19. The van der Waals surface area contributed by atoms with Gasteiger partial charge in [-0.05, 0) is 61.8 Å². The van der Waals surface area contributed by atoms with Gasteiger partial charge < -0.3 is 11.1 Å². The molecule has 0 unspecified atom stereocenters.